The summed E-state index contributed by atoms with van der Waals surface area (Å²) in [4.78, 5) is 135. The van der Waals surface area contributed by atoms with E-state index in [9.17, 15) is 70.0 Å². The lowest BCUT2D eigenvalue weighted by atomic mass is 9.81. The molecule has 0 aliphatic carbocycles. The van der Waals surface area contributed by atoms with E-state index in [1.807, 2.05) is 67.5 Å². The van der Waals surface area contributed by atoms with Gasteiger partial charge in [0, 0.05) is 105 Å². The number of anilines is 1. The number of hydrogen-bond acceptors (Lipinski definition) is 26. The van der Waals surface area contributed by atoms with Gasteiger partial charge in [-0.3, -0.25) is 66.8 Å². The summed E-state index contributed by atoms with van der Waals surface area (Å²) in [6.07, 6.45) is 5.06. The van der Waals surface area contributed by atoms with Crippen molar-refractivity contribution in [1.29, 1.82) is 0 Å². The number of thioether (sulfide) groups is 2. The third-order valence-electron chi connectivity index (χ3n) is 24.3. The maximum Gasteiger partial charge on any atom is 0.306 e. The van der Waals surface area contributed by atoms with Gasteiger partial charge in [-0.2, -0.15) is 22.0 Å². The second-order valence-corrected chi connectivity index (χ2v) is 42.7. The largest absolute Gasteiger partial charge is 0.508 e. The van der Waals surface area contributed by atoms with Crippen molar-refractivity contribution in [2.75, 3.05) is 97.5 Å². The Bertz CT molecular complexity index is 4840. The van der Waals surface area contributed by atoms with Gasteiger partial charge in [-0.25, -0.2) is 14.7 Å². The molecule has 0 saturated carbocycles. The number of Topliss-reactive ketones (excluding diaryl/α,β-unsaturated/α-hetero) is 1. The highest BCUT2D eigenvalue weighted by Gasteiger charge is 2.50. The molecule has 0 radical (unpaired) electrons. The number of methoxy groups -OCH3 is 1. The van der Waals surface area contributed by atoms with Gasteiger partial charge in [0.15, 0.2) is 34.5 Å². The summed E-state index contributed by atoms with van der Waals surface area (Å²) in [6.45, 7) is 18.2. The van der Waals surface area contributed by atoms with Crippen LogP contribution in [0.15, 0.2) is 70.8 Å². The highest BCUT2D eigenvalue weighted by atomic mass is 32.2. The standard InChI is InChI=1S/C85H122N11O22PS5/c1-16-52(5)63(41-76(100)85(9,10)92(11)12)81(103)93(13)68(50(2)3)43-75(118-55(8)97)79-88-67(47-122-79)78(102)87-61(33-54(7)84(106)107)36-56-20-21-71(99)58(35-56)23-27-94(119(108)86-44-62(98)24-30-120-49-121-31-25-77(101)90-91-119)26-22-57-37-70-80(124(112,113)115-15)89-66-42-72(53(6)34-65(66)83(105)96(70)46-57)116-28-18-17-19-29-117-74-39-59-38-60(48-123(109,110)111)69-32-51(4)45-95(69)82(104)64(59)40-73(74)114-14/h20-21,24-25,30-31,34-35,39-40,42,47,50-52,54,57,60-61,63,68-70,75,80,89,99H,16-19,22-23,26-29,32-33,36-38,41,43-46,48-49H2,1-15H3,(H,87,102)(H,90,101)(H,106,107)(H2,86,91,108)(H,109,110,111)/t51?,52-,54?,57?,60?,61+,63-,68+,69-,70-,75+,80?,119?/m0/s1. The van der Waals surface area contributed by atoms with Crippen molar-refractivity contribution in [3.63, 3.8) is 0 Å². The predicted molar refractivity (Wildman–Crippen MR) is 475 cm³/mol. The van der Waals surface area contributed by atoms with Crippen LogP contribution in [0.5, 0.6) is 23.0 Å². The Morgan fingerprint density at radius 2 is 1.53 bits per heavy atom. The lowest BCUT2D eigenvalue weighted by molar-refractivity contribution is -0.150. The lowest BCUT2D eigenvalue weighted by Crippen LogP contribution is -2.50. The number of thiazole rings is 1. The summed E-state index contributed by atoms with van der Waals surface area (Å²) >= 11 is 3.66. The van der Waals surface area contributed by atoms with E-state index in [-0.39, 0.29) is 153 Å². The van der Waals surface area contributed by atoms with Gasteiger partial charge in [-0.15, -0.1) is 34.9 Å². The number of hydrazine groups is 1. The number of rotatable bonds is 40. The topological polar surface area (TPSA) is 435 Å². The first-order valence-electron chi connectivity index (χ1n) is 41.9. The normalized spacial score (nSPS) is 21.8. The first kappa shape index (κ1) is 99.8. The van der Waals surface area contributed by atoms with Crippen LogP contribution in [-0.2, 0) is 81.8 Å². The van der Waals surface area contributed by atoms with Crippen molar-refractivity contribution in [3.8, 4) is 23.0 Å². The Labute approximate surface area is 740 Å². The molecule has 5 amide bonds. The van der Waals surface area contributed by atoms with Crippen LogP contribution in [0.3, 0.4) is 0 Å². The number of nitrogens with one attached hydrogen (secondary N) is 5. The van der Waals surface area contributed by atoms with E-state index in [4.69, 9.17) is 23.1 Å². The number of carboxylic acid groups (broad SMARTS) is 1. The molecule has 6 unspecified atom stereocenters. The van der Waals surface area contributed by atoms with Crippen LogP contribution in [0.1, 0.15) is 191 Å². The van der Waals surface area contributed by atoms with E-state index >= 15 is 9.36 Å². The SMILES string of the molecule is CC[C@H](C)[C@H](CC(=O)C(C)(C)N(C)C)C(=O)N(C)[C@H](C[C@@H](OC(C)=O)c1nc(C(=O)N[C@@H](Cc2ccc(O)c(CCN(CCC3C[C@H]4C(S(=O)(=O)OC)Nc5cc(OCCCCCOc6cc7c(cc6OC)C(=O)N6CC(C)C[C@H]6C(CS(=O)(=O)O)C7)c(C)cc5C(=O)N4C3)P3(=O)NCC(=O)C=CSCSC=CC(=O)NN3)c2)CC(C)C(=O)O)cs1)C(C)C. The molecule has 8 N–H and O–H groups in total. The quantitative estimate of drug-likeness (QED) is 0.00674. The molecule has 1 aromatic heterocycles. The predicted octanol–water partition coefficient (Wildman–Crippen LogP) is 10.4. The van der Waals surface area contributed by atoms with E-state index in [0.29, 0.717) is 88.8 Å². The number of ketones is 2. The van der Waals surface area contributed by atoms with Gasteiger partial charge in [0.2, 0.25) is 5.91 Å². The van der Waals surface area contributed by atoms with Crippen molar-refractivity contribution in [1.82, 2.24) is 50.3 Å². The summed E-state index contributed by atoms with van der Waals surface area (Å²) in [6, 6.07) is 8.50. The molecule has 124 heavy (non-hydrogen) atoms. The Morgan fingerprint density at radius 1 is 0.847 bits per heavy atom. The van der Waals surface area contributed by atoms with Crippen molar-refractivity contribution in [2.45, 2.75) is 194 Å². The zero-order valence-corrected chi connectivity index (χ0v) is 78.2. The first-order valence-corrected chi connectivity index (χ1v) is 49.6. The number of unbranched alkanes of at least 4 members (excludes halogenated alkanes) is 2. The molecule has 0 spiro atoms. The average molecular weight is 1840 g/mol. The van der Waals surface area contributed by atoms with Gasteiger partial charge < -0.3 is 54.5 Å². The summed E-state index contributed by atoms with van der Waals surface area (Å²) in [7, 11) is -5.35. The van der Waals surface area contributed by atoms with Crippen LogP contribution in [0.25, 0.3) is 0 Å². The van der Waals surface area contributed by atoms with E-state index in [2.05, 4.69) is 31.3 Å². The monoisotopic (exact) mass is 1840 g/mol. The van der Waals surface area contributed by atoms with Crippen LogP contribution in [0.4, 0.5) is 5.69 Å². The Hall–Kier alpha value is -8.01. The third kappa shape index (κ3) is 26.1. The number of aromatic hydroxyl groups is 1. The minimum atomic E-state index is -4.47. The van der Waals surface area contributed by atoms with E-state index < -0.39 is 134 Å². The van der Waals surface area contributed by atoms with Crippen molar-refractivity contribution in [2.24, 2.45) is 41.4 Å². The fourth-order valence-electron chi connectivity index (χ4n) is 16.5. The number of carboxylic acids is 1. The van der Waals surface area contributed by atoms with Gasteiger partial charge in [-0.05, 0) is 192 Å². The molecule has 9 rings (SSSR count). The van der Waals surface area contributed by atoms with Crippen molar-refractivity contribution in [3.05, 3.63) is 115 Å². The third-order valence-corrected chi connectivity index (χ3v) is 31.6. The summed E-state index contributed by atoms with van der Waals surface area (Å²) < 4.78 is 109. The number of nitrogens with zero attached hydrogens (tertiary/aromatic N) is 6. The van der Waals surface area contributed by atoms with E-state index in [0.717, 1.165) is 18.4 Å². The number of aliphatic carboxylic acids is 1. The summed E-state index contributed by atoms with van der Waals surface area (Å²) in [5.74, 6) is -6.95. The summed E-state index contributed by atoms with van der Waals surface area (Å²) in [5.41, 5.74) is 4.40. The maximum absolute atomic E-state index is 15.8. The molecule has 2 fully saturated rings. The van der Waals surface area contributed by atoms with Gasteiger partial charge in [0.05, 0.1) is 68.5 Å². The highest BCUT2D eigenvalue weighted by Crippen LogP contribution is 2.46. The Kier molecular flexibility index (Phi) is 35.5. The van der Waals surface area contributed by atoms with Crippen LogP contribution >= 0.6 is 42.5 Å². The van der Waals surface area contributed by atoms with E-state index in [1.165, 1.54) is 83.1 Å². The molecule has 4 aromatic rings. The smallest absolute Gasteiger partial charge is 0.306 e. The Balaban J connectivity index is 0.894. The number of ether oxygens (including phenoxy) is 4. The highest BCUT2D eigenvalue weighted by molar-refractivity contribution is 8.18. The number of carbonyl (C=O) groups excluding carboxylic acids is 8. The minimum Gasteiger partial charge on any atom is -0.508 e. The molecule has 5 aliphatic heterocycles. The van der Waals surface area contributed by atoms with Crippen LogP contribution in [0, 0.1) is 48.3 Å². The number of carbonyl (C=O) groups is 9. The number of likely N-dealkylation sites (N-methyl/N-ethyl adjacent to an activating group) is 1. The molecular weight excluding hydrogens is 1720 g/mol. The fourth-order valence-corrected chi connectivity index (χ4v) is 22.6. The molecule has 13 atom stereocenters. The average Bonchev–Trinajstić information content (AvgIpc) is 0.920. The van der Waals surface area contributed by atoms with Crippen LogP contribution in [0.2, 0.25) is 0 Å². The first-order chi connectivity index (χ1) is 58.5. The van der Waals surface area contributed by atoms with Gasteiger partial charge in [-0.1, -0.05) is 60.1 Å². The minimum absolute atomic E-state index is 0.0196. The molecule has 6 heterocycles. The number of fused-ring (bicyclic) bond motifs is 4. The molecule has 684 valence electrons. The maximum atomic E-state index is 15.8. The molecule has 2 saturated heterocycles. The van der Waals surface area contributed by atoms with E-state index in [1.54, 1.807) is 65.6 Å². The summed E-state index contributed by atoms with van der Waals surface area (Å²) in [5, 5.41) is 37.4. The molecule has 0 bridgehead atoms. The lowest BCUT2D eigenvalue weighted by Gasteiger charge is -2.38. The number of aromatic nitrogens is 1. The second kappa shape index (κ2) is 44.1. The zero-order valence-electron chi connectivity index (χ0n) is 73.3. The number of phenols is 1. The molecule has 5 aliphatic rings. The number of esters is 1. The molecule has 39 heteroatoms. The zero-order chi connectivity index (χ0) is 91.0. The van der Waals surface area contributed by atoms with Gasteiger partial charge >= 0.3 is 11.9 Å². The van der Waals surface area contributed by atoms with Crippen molar-refractivity contribution >= 4 is 121 Å². The number of amides is 5. The number of hydrogen-bond donors (Lipinski definition) is 8. The molecular formula is C85H122N11O22PS5. The number of phenolic OH excluding ortho intramolecular Hbond substituents is 1. The number of aryl methyl sites for hydroxylation is 1. The van der Waals surface area contributed by atoms with Crippen LogP contribution < -0.4 is 40.6 Å². The van der Waals surface area contributed by atoms with Crippen molar-refractivity contribution < 1.29 is 102 Å². The second-order valence-electron chi connectivity index (χ2n) is 34.1. The van der Waals surface area contributed by atoms with Gasteiger partial charge in [0.25, 0.3) is 51.5 Å². The Morgan fingerprint density at radius 3 is 2.19 bits per heavy atom. The van der Waals surface area contributed by atoms with Gasteiger partial charge in [0.1, 0.15) is 22.2 Å². The number of benzene rings is 3. The van der Waals surface area contributed by atoms with Crippen LogP contribution in [-0.4, -0.2) is 241 Å². The molecule has 33 nitrogen and oxygen atoms in total. The molecule has 3 aromatic carbocycles. The fraction of sp³-hybridized carbons (Fsp3) is 0.600.